The fraction of sp³-hybridized carbons (Fsp3) is 0.800. The van der Waals surface area contributed by atoms with Crippen LogP contribution in [0.4, 0.5) is 0 Å². The second-order valence-electron chi connectivity index (χ2n) is 5.34. The molecule has 0 aliphatic carbocycles. The molecule has 1 aromatic heterocycles. The Balaban J connectivity index is 2.06. The molecule has 0 spiro atoms. The number of aromatic nitrogens is 2. The topological polar surface area (TPSA) is 33.1 Å². The zero-order chi connectivity index (χ0) is 13.7. The van der Waals surface area contributed by atoms with Crippen LogP contribution in [0.5, 0.6) is 0 Å². The molecule has 4 nitrogen and oxygen atoms in total. The van der Waals surface area contributed by atoms with E-state index in [0.29, 0.717) is 0 Å². The molecular formula is C15H28N4. The molecule has 1 aromatic rings. The fourth-order valence-electron chi connectivity index (χ4n) is 2.97. The first-order valence-corrected chi connectivity index (χ1v) is 7.78. The highest BCUT2D eigenvalue weighted by molar-refractivity contribution is 5.10. The Morgan fingerprint density at radius 3 is 2.63 bits per heavy atom. The SMILES string of the molecule is CCc1cc(CN(CC)C2CCNCC2)n(CC)n1. The maximum Gasteiger partial charge on any atom is 0.0625 e. The van der Waals surface area contributed by atoms with Crippen LogP contribution >= 0.6 is 0 Å². The van der Waals surface area contributed by atoms with E-state index >= 15 is 0 Å². The molecule has 0 bridgehead atoms. The van der Waals surface area contributed by atoms with Gasteiger partial charge in [-0.1, -0.05) is 13.8 Å². The predicted molar refractivity (Wildman–Crippen MR) is 79.3 cm³/mol. The van der Waals surface area contributed by atoms with Crippen LogP contribution in [-0.4, -0.2) is 40.4 Å². The van der Waals surface area contributed by atoms with Crippen molar-refractivity contribution in [3.63, 3.8) is 0 Å². The molecule has 0 saturated carbocycles. The second-order valence-corrected chi connectivity index (χ2v) is 5.34. The molecule has 1 N–H and O–H groups in total. The maximum absolute atomic E-state index is 4.66. The molecule has 108 valence electrons. The highest BCUT2D eigenvalue weighted by atomic mass is 15.3. The highest BCUT2D eigenvalue weighted by Gasteiger charge is 2.21. The average Bonchev–Trinajstić information content (AvgIpc) is 2.87. The van der Waals surface area contributed by atoms with Crippen LogP contribution in [0.3, 0.4) is 0 Å². The van der Waals surface area contributed by atoms with Gasteiger partial charge in [0, 0.05) is 19.1 Å². The summed E-state index contributed by atoms with van der Waals surface area (Å²) >= 11 is 0. The van der Waals surface area contributed by atoms with Gasteiger partial charge in [-0.05, 0) is 51.9 Å². The van der Waals surface area contributed by atoms with Crippen LogP contribution in [-0.2, 0) is 19.5 Å². The van der Waals surface area contributed by atoms with Gasteiger partial charge >= 0.3 is 0 Å². The zero-order valence-electron chi connectivity index (χ0n) is 12.7. The summed E-state index contributed by atoms with van der Waals surface area (Å²) < 4.78 is 2.17. The molecule has 4 heteroatoms. The molecule has 0 radical (unpaired) electrons. The first-order valence-electron chi connectivity index (χ1n) is 7.78. The number of hydrogen-bond donors (Lipinski definition) is 1. The van der Waals surface area contributed by atoms with Gasteiger partial charge in [-0.25, -0.2) is 0 Å². The second kappa shape index (κ2) is 7.06. The van der Waals surface area contributed by atoms with Crippen molar-refractivity contribution < 1.29 is 0 Å². The monoisotopic (exact) mass is 264 g/mol. The Kier molecular flexibility index (Phi) is 5.40. The molecule has 0 amide bonds. The van der Waals surface area contributed by atoms with Crippen LogP contribution in [0.15, 0.2) is 6.07 Å². The third kappa shape index (κ3) is 3.57. The van der Waals surface area contributed by atoms with E-state index < -0.39 is 0 Å². The quantitative estimate of drug-likeness (QED) is 0.853. The molecule has 0 unspecified atom stereocenters. The van der Waals surface area contributed by atoms with E-state index in [1.54, 1.807) is 0 Å². The zero-order valence-corrected chi connectivity index (χ0v) is 12.7. The lowest BCUT2D eigenvalue weighted by atomic mass is 10.0. The Labute approximate surface area is 117 Å². The number of rotatable bonds is 6. The van der Waals surface area contributed by atoms with Gasteiger partial charge < -0.3 is 5.32 Å². The molecule has 1 saturated heterocycles. The minimum atomic E-state index is 0.733. The van der Waals surface area contributed by atoms with E-state index in [4.69, 9.17) is 0 Å². The van der Waals surface area contributed by atoms with E-state index in [9.17, 15) is 0 Å². The van der Waals surface area contributed by atoms with Gasteiger partial charge in [0.1, 0.15) is 0 Å². The summed E-state index contributed by atoms with van der Waals surface area (Å²) in [5, 5.41) is 8.11. The number of hydrogen-bond acceptors (Lipinski definition) is 3. The van der Waals surface area contributed by atoms with E-state index in [-0.39, 0.29) is 0 Å². The fourth-order valence-corrected chi connectivity index (χ4v) is 2.97. The van der Waals surface area contributed by atoms with Crippen molar-refractivity contribution in [3.8, 4) is 0 Å². The third-order valence-electron chi connectivity index (χ3n) is 4.17. The molecule has 1 aliphatic heterocycles. The predicted octanol–water partition coefficient (Wildman–Crippen LogP) is 2.04. The Morgan fingerprint density at radius 2 is 2.05 bits per heavy atom. The van der Waals surface area contributed by atoms with Crippen LogP contribution < -0.4 is 5.32 Å². The third-order valence-corrected chi connectivity index (χ3v) is 4.17. The molecule has 0 atom stereocenters. The van der Waals surface area contributed by atoms with Crippen LogP contribution in [0.1, 0.15) is 45.0 Å². The summed E-state index contributed by atoms with van der Waals surface area (Å²) in [6, 6.07) is 3.02. The molecule has 0 aromatic carbocycles. The maximum atomic E-state index is 4.66. The Bertz CT molecular complexity index is 379. The van der Waals surface area contributed by atoms with Crippen molar-refractivity contribution in [1.29, 1.82) is 0 Å². The number of aryl methyl sites for hydroxylation is 2. The summed E-state index contributed by atoms with van der Waals surface area (Å²) in [6.45, 7) is 12.1. The molecule has 1 fully saturated rings. The lowest BCUT2D eigenvalue weighted by Gasteiger charge is -2.33. The average molecular weight is 264 g/mol. The molecular weight excluding hydrogens is 236 g/mol. The minimum Gasteiger partial charge on any atom is -0.317 e. The summed E-state index contributed by atoms with van der Waals surface area (Å²) in [5.41, 5.74) is 2.60. The van der Waals surface area contributed by atoms with Gasteiger partial charge in [0.05, 0.1) is 11.4 Å². The van der Waals surface area contributed by atoms with Crippen molar-refractivity contribution in [1.82, 2.24) is 20.0 Å². The van der Waals surface area contributed by atoms with Crippen molar-refractivity contribution >= 4 is 0 Å². The highest BCUT2D eigenvalue weighted by Crippen LogP contribution is 2.16. The van der Waals surface area contributed by atoms with E-state index in [2.05, 4.69) is 46.8 Å². The summed E-state index contributed by atoms with van der Waals surface area (Å²) in [7, 11) is 0. The van der Waals surface area contributed by atoms with Crippen molar-refractivity contribution in [2.75, 3.05) is 19.6 Å². The normalized spacial score (nSPS) is 17.3. The minimum absolute atomic E-state index is 0.733. The Hall–Kier alpha value is -0.870. The van der Waals surface area contributed by atoms with Crippen LogP contribution in [0, 0.1) is 0 Å². The van der Waals surface area contributed by atoms with Gasteiger partial charge in [0.15, 0.2) is 0 Å². The van der Waals surface area contributed by atoms with Crippen molar-refractivity contribution in [2.24, 2.45) is 0 Å². The molecule has 1 aliphatic rings. The van der Waals surface area contributed by atoms with Gasteiger partial charge in [-0.3, -0.25) is 9.58 Å². The standard InChI is InChI=1S/C15H28N4/c1-4-13-11-15(19(6-3)17-13)12-18(5-2)14-7-9-16-10-8-14/h11,14,16H,4-10,12H2,1-3H3. The Morgan fingerprint density at radius 1 is 1.32 bits per heavy atom. The molecule has 2 rings (SSSR count). The van der Waals surface area contributed by atoms with Crippen molar-refractivity contribution in [2.45, 2.75) is 59.2 Å². The van der Waals surface area contributed by atoms with Gasteiger partial charge in [0.25, 0.3) is 0 Å². The van der Waals surface area contributed by atoms with E-state index in [0.717, 1.165) is 45.2 Å². The van der Waals surface area contributed by atoms with E-state index in [1.807, 2.05) is 0 Å². The summed E-state index contributed by atoms with van der Waals surface area (Å²) in [4.78, 5) is 2.61. The number of nitrogens with zero attached hydrogens (tertiary/aromatic N) is 3. The first kappa shape index (κ1) is 14.5. The first-order chi connectivity index (χ1) is 9.28. The van der Waals surface area contributed by atoms with Crippen LogP contribution in [0.2, 0.25) is 0 Å². The van der Waals surface area contributed by atoms with Crippen LogP contribution in [0.25, 0.3) is 0 Å². The smallest absolute Gasteiger partial charge is 0.0625 e. The van der Waals surface area contributed by atoms with Gasteiger partial charge in [-0.15, -0.1) is 0 Å². The number of nitrogens with one attached hydrogen (secondary N) is 1. The lowest BCUT2D eigenvalue weighted by Crippen LogP contribution is -2.42. The number of piperidine rings is 1. The largest absolute Gasteiger partial charge is 0.317 e. The van der Waals surface area contributed by atoms with Crippen molar-refractivity contribution in [3.05, 3.63) is 17.5 Å². The summed E-state index contributed by atoms with van der Waals surface area (Å²) in [6.07, 6.45) is 3.57. The molecule has 19 heavy (non-hydrogen) atoms. The van der Waals surface area contributed by atoms with E-state index in [1.165, 1.54) is 24.2 Å². The summed E-state index contributed by atoms with van der Waals surface area (Å²) in [5.74, 6) is 0. The van der Waals surface area contributed by atoms with Gasteiger partial charge in [0.2, 0.25) is 0 Å². The lowest BCUT2D eigenvalue weighted by molar-refractivity contribution is 0.158. The van der Waals surface area contributed by atoms with Gasteiger partial charge in [-0.2, -0.15) is 5.10 Å². The molecule has 2 heterocycles.